The van der Waals surface area contributed by atoms with Crippen molar-refractivity contribution in [2.24, 2.45) is 11.3 Å². The first-order valence-electron chi connectivity index (χ1n) is 8.91. The van der Waals surface area contributed by atoms with Gasteiger partial charge in [0, 0.05) is 13.1 Å². The Labute approximate surface area is 154 Å². The monoisotopic (exact) mass is 375 g/mol. The smallest absolute Gasteiger partial charge is 0.387 e. The van der Waals surface area contributed by atoms with Gasteiger partial charge in [0.05, 0.1) is 11.0 Å². The lowest BCUT2D eigenvalue weighted by Gasteiger charge is -2.23. The molecule has 5 nitrogen and oxygen atoms in total. The molecule has 2 fully saturated rings. The maximum Gasteiger partial charge on any atom is 0.387 e. The quantitative estimate of drug-likeness (QED) is 0.883. The number of carbonyl (C=O) groups is 2. The molecule has 1 N–H and O–H groups in total. The number of halogens is 2. The van der Waals surface area contributed by atoms with Gasteiger partial charge in [0.15, 0.2) is 0 Å². The Balaban J connectivity index is 1.71. The van der Waals surface area contributed by atoms with E-state index >= 15 is 0 Å². The molecule has 1 heterocycles. The van der Waals surface area contributed by atoms with Crippen LogP contribution in [0.5, 0.6) is 5.75 Å². The molecule has 0 bridgehead atoms. The van der Waals surface area contributed by atoms with Crippen LogP contribution >= 0.6 is 0 Å². The number of benzene rings is 2. The number of rotatable bonds is 4. The molecule has 2 aromatic carbocycles. The van der Waals surface area contributed by atoms with Gasteiger partial charge in [0.2, 0.25) is 0 Å². The van der Waals surface area contributed by atoms with E-state index in [1.807, 2.05) is 0 Å². The van der Waals surface area contributed by atoms with E-state index in [0.29, 0.717) is 18.4 Å². The predicted molar refractivity (Wildman–Crippen MR) is 93.9 cm³/mol. The van der Waals surface area contributed by atoms with Crippen LogP contribution in [0, 0.1) is 11.3 Å². The van der Waals surface area contributed by atoms with E-state index in [1.165, 1.54) is 17.0 Å². The van der Waals surface area contributed by atoms with E-state index in [2.05, 4.69) is 4.74 Å². The predicted octanol–water partition coefficient (Wildman–Crippen LogP) is 3.77. The molecule has 1 saturated carbocycles. The van der Waals surface area contributed by atoms with Gasteiger partial charge in [-0.25, -0.2) is 0 Å². The van der Waals surface area contributed by atoms with Crippen LogP contribution in [0.4, 0.5) is 8.78 Å². The van der Waals surface area contributed by atoms with Gasteiger partial charge in [-0.05, 0) is 41.7 Å². The molecule has 1 aliphatic carbocycles. The highest BCUT2D eigenvalue weighted by atomic mass is 19.3. The molecular weight excluding hydrogens is 356 g/mol. The van der Waals surface area contributed by atoms with Crippen LogP contribution in [0.25, 0.3) is 10.8 Å². The number of carboxylic acid groups (broad SMARTS) is 1. The van der Waals surface area contributed by atoms with Gasteiger partial charge < -0.3 is 14.7 Å². The van der Waals surface area contributed by atoms with Crippen molar-refractivity contribution in [3.05, 3.63) is 42.0 Å². The average molecular weight is 375 g/mol. The summed E-state index contributed by atoms with van der Waals surface area (Å²) in [5.41, 5.74) is -0.884. The molecule has 0 aromatic heterocycles. The minimum absolute atomic E-state index is 0.0366. The molecule has 4 rings (SSSR count). The molecule has 1 saturated heterocycles. The number of carboxylic acids is 1. The number of alkyl halides is 2. The summed E-state index contributed by atoms with van der Waals surface area (Å²) in [4.78, 5) is 26.4. The Morgan fingerprint density at radius 3 is 2.56 bits per heavy atom. The average Bonchev–Trinajstić information content (AvgIpc) is 3.18. The second-order valence-electron chi connectivity index (χ2n) is 7.31. The summed E-state index contributed by atoms with van der Waals surface area (Å²) < 4.78 is 30.3. The second-order valence-corrected chi connectivity index (χ2v) is 7.31. The van der Waals surface area contributed by atoms with Crippen molar-refractivity contribution in [1.82, 2.24) is 4.90 Å². The molecule has 142 valence electrons. The summed E-state index contributed by atoms with van der Waals surface area (Å²) in [5, 5.41) is 11.1. The number of likely N-dealkylation sites (tertiary alicyclic amines) is 1. The van der Waals surface area contributed by atoms with Crippen molar-refractivity contribution >= 4 is 22.6 Å². The first-order chi connectivity index (χ1) is 12.9. The highest BCUT2D eigenvalue weighted by Gasteiger charge is 2.56. The van der Waals surface area contributed by atoms with Crippen LogP contribution in [0.3, 0.4) is 0 Å². The number of nitrogens with zero attached hydrogens (tertiary/aromatic N) is 1. The van der Waals surface area contributed by atoms with E-state index in [9.17, 15) is 23.5 Å². The van der Waals surface area contributed by atoms with Crippen molar-refractivity contribution in [2.45, 2.75) is 25.9 Å². The minimum Gasteiger partial charge on any atom is -0.481 e. The number of aliphatic carboxylic acids is 1. The van der Waals surface area contributed by atoms with Gasteiger partial charge in [0.1, 0.15) is 5.75 Å². The molecule has 1 amide bonds. The van der Waals surface area contributed by atoms with Crippen LogP contribution < -0.4 is 4.74 Å². The van der Waals surface area contributed by atoms with Crippen LogP contribution in [-0.4, -0.2) is 41.6 Å². The summed E-state index contributed by atoms with van der Waals surface area (Å²) >= 11 is 0. The molecule has 0 unspecified atom stereocenters. The van der Waals surface area contributed by atoms with Crippen molar-refractivity contribution < 1.29 is 28.2 Å². The van der Waals surface area contributed by atoms with Crippen molar-refractivity contribution in [2.75, 3.05) is 13.1 Å². The maximum absolute atomic E-state index is 13.1. The summed E-state index contributed by atoms with van der Waals surface area (Å²) in [6, 6.07) is 10.1. The van der Waals surface area contributed by atoms with Crippen LogP contribution in [0.1, 0.15) is 29.6 Å². The second kappa shape index (κ2) is 6.48. The largest absolute Gasteiger partial charge is 0.481 e. The zero-order valence-electron chi connectivity index (χ0n) is 14.5. The molecule has 0 radical (unpaired) electrons. The summed E-state index contributed by atoms with van der Waals surface area (Å²) in [6.07, 6.45) is 2.12. The van der Waals surface area contributed by atoms with E-state index in [-0.39, 0.29) is 23.8 Å². The maximum atomic E-state index is 13.1. The number of fused-ring (bicyclic) bond motifs is 2. The van der Waals surface area contributed by atoms with E-state index in [0.717, 1.165) is 18.2 Å². The van der Waals surface area contributed by atoms with Crippen molar-refractivity contribution in [3.63, 3.8) is 0 Å². The molecule has 27 heavy (non-hydrogen) atoms. The fourth-order valence-electron chi connectivity index (χ4n) is 4.54. The summed E-state index contributed by atoms with van der Waals surface area (Å²) in [6.45, 7) is -2.63. The van der Waals surface area contributed by atoms with E-state index in [4.69, 9.17) is 0 Å². The zero-order chi connectivity index (χ0) is 19.2. The Morgan fingerprint density at radius 1 is 1.22 bits per heavy atom. The Kier molecular flexibility index (Phi) is 4.25. The Hall–Kier alpha value is -2.70. The summed E-state index contributed by atoms with van der Waals surface area (Å²) in [5.74, 6) is -1.64. The number of amides is 1. The van der Waals surface area contributed by atoms with Crippen molar-refractivity contribution in [3.8, 4) is 5.75 Å². The van der Waals surface area contributed by atoms with Crippen LogP contribution in [0.15, 0.2) is 36.4 Å². The lowest BCUT2D eigenvalue weighted by atomic mass is 9.81. The first kappa shape index (κ1) is 17.7. The fourth-order valence-corrected chi connectivity index (χ4v) is 4.54. The lowest BCUT2D eigenvalue weighted by molar-refractivity contribution is -0.149. The van der Waals surface area contributed by atoms with Crippen molar-refractivity contribution in [1.29, 1.82) is 0 Å². The molecule has 2 aromatic rings. The molecular formula is C20H19F2NO4. The highest BCUT2D eigenvalue weighted by molar-refractivity contribution is 6.02. The van der Waals surface area contributed by atoms with E-state index in [1.54, 1.807) is 24.3 Å². The number of hydrogen-bond acceptors (Lipinski definition) is 3. The molecule has 2 aliphatic rings. The number of ether oxygens (including phenoxy) is 1. The third-order valence-electron chi connectivity index (χ3n) is 5.88. The third-order valence-corrected chi connectivity index (χ3v) is 5.88. The SMILES string of the molecule is O=C(c1cc2ccccc2cc1OC(F)F)N1C[C@@H]2CCC[C@@]2(C(=O)O)C1. The lowest BCUT2D eigenvalue weighted by Crippen LogP contribution is -2.37. The highest BCUT2D eigenvalue weighted by Crippen LogP contribution is 2.49. The molecule has 7 heteroatoms. The Bertz CT molecular complexity index is 916. The van der Waals surface area contributed by atoms with E-state index < -0.39 is 23.9 Å². The standard InChI is InChI=1S/C20H19F2NO4/c21-19(22)27-16-9-13-5-2-1-4-12(13)8-15(16)17(24)23-10-14-6-3-7-20(14,11-23)18(25)26/h1-2,4-5,8-9,14,19H,3,6-7,10-11H2,(H,25,26)/t14-,20+/m0/s1. The van der Waals surface area contributed by atoms with Crippen LogP contribution in [0.2, 0.25) is 0 Å². The van der Waals surface area contributed by atoms with Gasteiger partial charge >= 0.3 is 12.6 Å². The van der Waals surface area contributed by atoms with Gasteiger partial charge in [-0.2, -0.15) is 8.78 Å². The van der Waals surface area contributed by atoms with Gasteiger partial charge in [-0.3, -0.25) is 9.59 Å². The molecule has 1 aliphatic heterocycles. The van der Waals surface area contributed by atoms with Crippen LogP contribution in [-0.2, 0) is 4.79 Å². The molecule has 0 spiro atoms. The number of carbonyl (C=O) groups excluding carboxylic acids is 1. The Morgan fingerprint density at radius 2 is 1.93 bits per heavy atom. The minimum atomic E-state index is -3.05. The summed E-state index contributed by atoms with van der Waals surface area (Å²) in [7, 11) is 0. The zero-order valence-corrected chi connectivity index (χ0v) is 14.5. The van der Waals surface area contributed by atoms with Gasteiger partial charge in [-0.15, -0.1) is 0 Å². The topological polar surface area (TPSA) is 66.8 Å². The van der Waals surface area contributed by atoms with Gasteiger partial charge in [0.25, 0.3) is 5.91 Å². The van der Waals surface area contributed by atoms with Gasteiger partial charge in [-0.1, -0.05) is 30.7 Å². The number of hydrogen-bond donors (Lipinski definition) is 1. The third kappa shape index (κ3) is 2.91. The fraction of sp³-hybridized carbons (Fsp3) is 0.400. The molecule has 2 atom stereocenters. The normalized spacial score (nSPS) is 24.4. The first-order valence-corrected chi connectivity index (χ1v) is 8.91.